The normalized spacial score (nSPS) is 15.6. The third-order valence-electron chi connectivity index (χ3n) is 3.42. The van der Waals surface area contributed by atoms with Gasteiger partial charge < -0.3 is 14.8 Å². The van der Waals surface area contributed by atoms with Gasteiger partial charge in [0.05, 0.1) is 17.7 Å². The SMILES string of the molecule is CCSCCC(C)NCc1cc(Br)c2c(c1)OCCCO2. The number of fused-ring (bicyclic) bond motifs is 1. The Labute approximate surface area is 140 Å². The van der Waals surface area contributed by atoms with E-state index in [-0.39, 0.29) is 0 Å². The van der Waals surface area contributed by atoms with Gasteiger partial charge in [0.1, 0.15) is 0 Å². The molecule has 5 heteroatoms. The van der Waals surface area contributed by atoms with E-state index in [2.05, 4.69) is 47.2 Å². The molecule has 1 heterocycles. The number of rotatable bonds is 7. The molecule has 21 heavy (non-hydrogen) atoms. The molecule has 0 radical (unpaired) electrons. The molecular formula is C16H24BrNO2S. The molecule has 2 rings (SSSR count). The monoisotopic (exact) mass is 373 g/mol. The molecule has 1 aliphatic heterocycles. The summed E-state index contributed by atoms with van der Waals surface area (Å²) in [6.07, 6.45) is 2.13. The summed E-state index contributed by atoms with van der Waals surface area (Å²) in [5, 5.41) is 3.58. The van der Waals surface area contributed by atoms with Crippen molar-refractivity contribution in [2.24, 2.45) is 0 Å². The summed E-state index contributed by atoms with van der Waals surface area (Å²) in [6, 6.07) is 4.73. The van der Waals surface area contributed by atoms with Crippen molar-refractivity contribution in [3.05, 3.63) is 22.2 Å². The van der Waals surface area contributed by atoms with Gasteiger partial charge in [0, 0.05) is 19.0 Å². The van der Waals surface area contributed by atoms with E-state index in [1.165, 1.54) is 23.5 Å². The van der Waals surface area contributed by atoms with Crippen LogP contribution in [-0.4, -0.2) is 30.8 Å². The lowest BCUT2D eigenvalue weighted by Gasteiger charge is -2.15. The van der Waals surface area contributed by atoms with Crippen LogP contribution in [0, 0.1) is 0 Å². The summed E-state index contributed by atoms with van der Waals surface area (Å²) in [5.74, 6) is 4.11. The van der Waals surface area contributed by atoms with Crippen LogP contribution in [0.3, 0.4) is 0 Å². The highest BCUT2D eigenvalue weighted by Gasteiger charge is 2.15. The fourth-order valence-electron chi connectivity index (χ4n) is 2.18. The van der Waals surface area contributed by atoms with Crippen LogP contribution in [0.5, 0.6) is 11.5 Å². The zero-order valence-corrected chi connectivity index (χ0v) is 15.2. The van der Waals surface area contributed by atoms with Gasteiger partial charge in [0.25, 0.3) is 0 Å². The van der Waals surface area contributed by atoms with Crippen LogP contribution in [0.25, 0.3) is 0 Å². The van der Waals surface area contributed by atoms with Crippen LogP contribution in [0.2, 0.25) is 0 Å². The molecule has 1 atom stereocenters. The van der Waals surface area contributed by atoms with Gasteiger partial charge in [-0.15, -0.1) is 0 Å². The summed E-state index contributed by atoms with van der Waals surface area (Å²) in [5.41, 5.74) is 1.22. The molecule has 0 saturated carbocycles. The van der Waals surface area contributed by atoms with E-state index < -0.39 is 0 Å². The number of thioether (sulfide) groups is 1. The lowest BCUT2D eigenvalue weighted by molar-refractivity contribution is 0.296. The lowest BCUT2D eigenvalue weighted by Crippen LogP contribution is -2.26. The van der Waals surface area contributed by atoms with Gasteiger partial charge >= 0.3 is 0 Å². The Morgan fingerprint density at radius 3 is 2.95 bits per heavy atom. The number of hydrogen-bond acceptors (Lipinski definition) is 4. The summed E-state index contributed by atoms with van der Waals surface area (Å²) in [4.78, 5) is 0. The first-order chi connectivity index (χ1) is 10.2. The number of ether oxygens (including phenoxy) is 2. The first-order valence-electron chi connectivity index (χ1n) is 7.60. The molecule has 0 bridgehead atoms. The first kappa shape index (κ1) is 17.0. The molecule has 0 aliphatic carbocycles. The molecule has 1 unspecified atom stereocenters. The second-order valence-electron chi connectivity index (χ2n) is 5.22. The van der Waals surface area contributed by atoms with E-state index in [1.807, 2.05) is 11.8 Å². The quantitative estimate of drug-likeness (QED) is 0.724. The van der Waals surface area contributed by atoms with E-state index in [9.17, 15) is 0 Å². The number of benzene rings is 1. The van der Waals surface area contributed by atoms with Gasteiger partial charge in [-0.3, -0.25) is 0 Å². The first-order valence-corrected chi connectivity index (χ1v) is 9.54. The second kappa shape index (κ2) is 8.91. The van der Waals surface area contributed by atoms with E-state index in [1.54, 1.807) is 0 Å². The van der Waals surface area contributed by atoms with Gasteiger partial charge in [-0.1, -0.05) is 6.92 Å². The molecule has 1 aromatic rings. The van der Waals surface area contributed by atoms with Crippen molar-refractivity contribution in [2.45, 2.75) is 39.3 Å². The fraction of sp³-hybridized carbons (Fsp3) is 0.625. The highest BCUT2D eigenvalue weighted by Crippen LogP contribution is 2.38. The standard InChI is InChI=1S/C16H24BrNO2S/c1-3-21-8-5-12(2)18-11-13-9-14(17)16-15(10-13)19-6-4-7-20-16/h9-10,12,18H,3-8,11H2,1-2H3. The minimum absolute atomic E-state index is 0.527. The van der Waals surface area contributed by atoms with Crippen molar-refractivity contribution in [3.8, 4) is 11.5 Å². The molecule has 0 spiro atoms. The topological polar surface area (TPSA) is 30.5 Å². The van der Waals surface area contributed by atoms with E-state index in [0.717, 1.165) is 42.2 Å². The predicted octanol–water partition coefficient (Wildman–Crippen LogP) is 4.23. The summed E-state index contributed by atoms with van der Waals surface area (Å²) >= 11 is 5.59. The number of halogens is 1. The van der Waals surface area contributed by atoms with E-state index in [0.29, 0.717) is 6.04 Å². The minimum Gasteiger partial charge on any atom is -0.490 e. The Balaban J connectivity index is 1.91. The Bertz CT molecular complexity index is 456. The average molecular weight is 374 g/mol. The van der Waals surface area contributed by atoms with Crippen LogP contribution in [0.1, 0.15) is 32.3 Å². The lowest BCUT2D eigenvalue weighted by atomic mass is 10.1. The van der Waals surface area contributed by atoms with Crippen LogP contribution >= 0.6 is 27.7 Å². The maximum absolute atomic E-state index is 5.77. The van der Waals surface area contributed by atoms with Gasteiger partial charge in [0.2, 0.25) is 0 Å². The van der Waals surface area contributed by atoms with E-state index in [4.69, 9.17) is 9.47 Å². The molecular weight excluding hydrogens is 350 g/mol. The minimum atomic E-state index is 0.527. The van der Waals surface area contributed by atoms with Gasteiger partial charge in [-0.2, -0.15) is 11.8 Å². The molecule has 0 saturated heterocycles. The molecule has 118 valence electrons. The Kier molecular flexibility index (Phi) is 7.20. The maximum atomic E-state index is 5.77. The molecule has 0 aromatic heterocycles. The van der Waals surface area contributed by atoms with Gasteiger partial charge in [0.15, 0.2) is 11.5 Å². The zero-order valence-electron chi connectivity index (χ0n) is 12.8. The smallest absolute Gasteiger partial charge is 0.175 e. The molecule has 0 fully saturated rings. The second-order valence-corrected chi connectivity index (χ2v) is 7.47. The van der Waals surface area contributed by atoms with E-state index >= 15 is 0 Å². The highest BCUT2D eigenvalue weighted by atomic mass is 79.9. The summed E-state index contributed by atoms with van der Waals surface area (Å²) < 4.78 is 12.5. The van der Waals surface area contributed by atoms with Crippen LogP contribution in [0.4, 0.5) is 0 Å². The highest BCUT2D eigenvalue weighted by molar-refractivity contribution is 9.10. The molecule has 3 nitrogen and oxygen atoms in total. The van der Waals surface area contributed by atoms with Crippen molar-refractivity contribution in [1.29, 1.82) is 0 Å². The van der Waals surface area contributed by atoms with Gasteiger partial charge in [-0.25, -0.2) is 0 Å². The Morgan fingerprint density at radius 1 is 1.33 bits per heavy atom. The number of nitrogens with one attached hydrogen (secondary N) is 1. The largest absolute Gasteiger partial charge is 0.490 e. The zero-order chi connectivity index (χ0) is 15.1. The molecule has 1 N–H and O–H groups in total. The predicted molar refractivity (Wildman–Crippen MR) is 93.7 cm³/mol. The van der Waals surface area contributed by atoms with Gasteiger partial charge in [-0.05, 0) is 58.5 Å². The summed E-state index contributed by atoms with van der Waals surface area (Å²) in [6.45, 7) is 6.75. The van der Waals surface area contributed by atoms with Crippen molar-refractivity contribution >= 4 is 27.7 Å². The number of hydrogen-bond donors (Lipinski definition) is 1. The van der Waals surface area contributed by atoms with Crippen molar-refractivity contribution in [1.82, 2.24) is 5.32 Å². The molecule has 0 amide bonds. The van der Waals surface area contributed by atoms with Crippen molar-refractivity contribution in [2.75, 3.05) is 24.7 Å². The van der Waals surface area contributed by atoms with Crippen molar-refractivity contribution < 1.29 is 9.47 Å². The van der Waals surface area contributed by atoms with Crippen molar-refractivity contribution in [3.63, 3.8) is 0 Å². The third kappa shape index (κ3) is 5.38. The third-order valence-corrected chi connectivity index (χ3v) is 4.94. The fourth-order valence-corrected chi connectivity index (χ4v) is 3.60. The van der Waals surface area contributed by atoms with Crippen LogP contribution in [0.15, 0.2) is 16.6 Å². The van der Waals surface area contributed by atoms with Crippen LogP contribution < -0.4 is 14.8 Å². The summed E-state index contributed by atoms with van der Waals surface area (Å²) in [7, 11) is 0. The van der Waals surface area contributed by atoms with Crippen LogP contribution in [-0.2, 0) is 6.54 Å². The molecule has 1 aromatic carbocycles. The molecule has 1 aliphatic rings. The Morgan fingerprint density at radius 2 is 2.14 bits per heavy atom. The maximum Gasteiger partial charge on any atom is 0.175 e. The average Bonchev–Trinajstić information content (AvgIpc) is 2.71. The Hall–Kier alpha value is -0.390.